The maximum Gasteiger partial charge on any atom is 0.138 e. The van der Waals surface area contributed by atoms with E-state index in [4.69, 9.17) is 9.97 Å². The lowest BCUT2D eigenvalue weighted by Gasteiger charge is -2.33. The maximum absolute atomic E-state index is 5.48. The third-order valence-electron chi connectivity index (χ3n) is 15.1. The molecule has 5 nitrogen and oxygen atoms in total. The third kappa shape index (κ3) is 7.37. The Morgan fingerprint density at radius 3 is 1.32 bits per heavy atom. The first-order valence-corrected chi connectivity index (χ1v) is 26.3. The lowest BCUT2D eigenvalue weighted by molar-refractivity contribution is 0.590. The molecule has 2 aromatic heterocycles. The van der Waals surface area contributed by atoms with Gasteiger partial charge in [-0.15, -0.1) is 0 Å². The van der Waals surface area contributed by atoms with Crippen LogP contribution in [0.2, 0.25) is 0 Å². The Bertz CT molecular complexity index is 3860. The van der Waals surface area contributed by atoms with Gasteiger partial charge in [-0.05, 0) is 144 Å². The van der Waals surface area contributed by atoms with E-state index in [-0.39, 0.29) is 10.8 Å². The first-order chi connectivity index (χ1) is 34.9. The molecule has 10 aromatic carbocycles. The predicted molar refractivity (Wildman–Crippen MR) is 307 cm³/mol. The molecule has 0 bridgehead atoms. The summed E-state index contributed by atoms with van der Waals surface area (Å²) in [7, 11) is 0. The molecule has 0 unspecified atom stereocenters. The number of rotatable bonds is 7. The summed E-state index contributed by atoms with van der Waals surface area (Å²) in [5.74, 6) is 1.74. The topological polar surface area (TPSA) is 60.6 Å². The molecule has 3 heterocycles. The van der Waals surface area contributed by atoms with Crippen LogP contribution in [0, 0.1) is 0 Å². The number of fused-ring (bicyclic) bond motifs is 12. The molecule has 352 valence electrons. The number of nitrogens with zero attached hydrogens (tertiary/aromatic N) is 3. The number of aromatic nitrogens is 4. The summed E-state index contributed by atoms with van der Waals surface area (Å²) < 4.78 is 0. The van der Waals surface area contributed by atoms with Gasteiger partial charge in [0.25, 0.3) is 0 Å². The summed E-state index contributed by atoms with van der Waals surface area (Å²) in [4.78, 5) is 23.5. The standard InChI is InChI=1S/C66H57N5S/c1-8-9-34-71-55-32-22-43(63-67-53-30-28-49-47-16-12-10-14-41(47)35-51(59(49)61(53)69-63)39-18-24-45(25-19-39)65(2,3)4)37-57(55)72-58-38-44(23-33-56(58)71)64-68-54-31-29-50-48-17-13-11-15-42(48)36-52(60(50)62(54)70-64)40-20-26-46(27-21-40)66(5,6)7/h10-33,35-38H,8-9,34H2,1-7H3,(H,67,69)(H,68,70). The Kier molecular flexibility index (Phi) is 10.3. The van der Waals surface area contributed by atoms with E-state index < -0.39 is 0 Å². The van der Waals surface area contributed by atoms with Crippen LogP contribution in [-0.4, -0.2) is 26.5 Å². The van der Waals surface area contributed by atoms with E-state index in [1.807, 2.05) is 11.8 Å². The smallest absolute Gasteiger partial charge is 0.138 e. The van der Waals surface area contributed by atoms with Gasteiger partial charge in [0, 0.05) is 38.2 Å². The minimum atomic E-state index is 0.0743. The molecule has 0 fully saturated rings. The fraction of sp³-hybridized carbons (Fsp3) is 0.182. The number of hydrogen-bond acceptors (Lipinski definition) is 4. The van der Waals surface area contributed by atoms with Crippen molar-refractivity contribution in [3.05, 3.63) is 181 Å². The van der Waals surface area contributed by atoms with Crippen molar-refractivity contribution in [2.24, 2.45) is 0 Å². The summed E-state index contributed by atoms with van der Waals surface area (Å²) in [5.41, 5.74) is 16.2. The van der Waals surface area contributed by atoms with E-state index in [0.29, 0.717) is 0 Å². The number of aromatic amines is 2. The summed E-state index contributed by atoms with van der Waals surface area (Å²) in [5, 5.41) is 9.71. The first-order valence-electron chi connectivity index (χ1n) is 25.5. The zero-order valence-electron chi connectivity index (χ0n) is 42.0. The lowest BCUT2D eigenvalue weighted by Crippen LogP contribution is -2.22. The Labute approximate surface area is 425 Å². The lowest BCUT2D eigenvalue weighted by atomic mass is 9.85. The van der Waals surface area contributed by atoms with Crippen molar-refractivity contribution in [1.82, 2.24) is 19.9 Å². The highest BCUT2D eigenvalue weighted by Crippen LogP contribution is 2.51. The van der Waals surface area contributed by atoms with Crippen LogP contribution in [-0.2, 0) is 10.8 Å². The molecule has 0 amide bonds. The molecule has 0 radical (unpaired) electrons. The van der Waals surface area contributed by atoms with Crippen molar-refractivity contribution in [3.8, 4) is 45.0 Å². The second kappa shape index (κ2) is 16.7. The van der Waals surface area contributed by atoms with Crippen molar-refractivity contribution < 1.29 is 0 Å². The molecule has 12 aromatic rings. The molecule has 0 atom stereocenters. The van der Waals surface area contributed by atoms with Gasteiger partial charge in [0.05, 0.1) is 33.4 Å². The average Bonchev–Trinajstić information content (AvgIpc) is 4.04. The van der Waals surface area contributed by atoms with Crippen LogP contribution in [0.25, 0.3) is 110 Å². The molecule has 6 heteroatoms. The highest BCUT2D eigenvalue weighted by atomic mass is 32.2. The fourth-order valence-corrected chi connectivity index (χ4v) is 12.3. The summed E-state index contributed by atoms with van der Waals surface area (Å²) in [6.07, 6.45) is 2.20. The maximum atomic E-state index is 5.48. The van der Waals surface area contributed by atoms with Gasteiger partial charge in [0.1, 0.15) is 11.6 Å². The zero-order valence-corrected chi connectivity index (χ0v) is 42.9. The van der Waals surface area contributed by atoms with Crippen molar-refractivity contribution in [2.75, 3.05) is 11.4 Å². The Hall–Kier alpha value is -7.67. The molecule has 0 saturated carbocycles. The molecule has 0 aliphatic carbocycles. The second-order valence-electron chi connectivity index (χ2n) is 21.9. The number of imidazole rings is 2. The monoisotopic (exact) mass is 951 g/mol. The van der Waals surface area contributed by atoms with Gasteiger partial charge in [0.15, 0.2) is 0 Å². The Balaban J connectivity index is 0.905. The summed E-state index contributed by atoms with van der Waals surface area (Å²) in [6, 6.07) is 63.1. The number of H-pyrrole nitrogens is 2. The van der Waals surface area contributed by atoms with Crippen LogP contribution >= 0.6 is 11.8 Å². The molecule has 72 heavy (non-hydrogen) atoms. The average molecular weight is 952 g/mol. The largest absolute Gasteiger partial charge is 0.340 e. The van der Waals surface area contributed by atoms with E-state index in [9.17, 15) is 0 Å². The van der Waals surface area contributed by atoms with Crippen molar-refractivity contribution >= 4 is 88.3 Å². The minimum absolute atomic E-state index is 0.0743. The molecular formula is C66H57N5S. The highest BCUT2D eigenvalue weighted by Gasteiger charge is 2.26. The van der Waals surface area contributed by atoms with E-state index in [1.54, 1.807) is 0 Å². The van der Waals surface area contributed by atoms with Crippen molar-refractivity contribution in [1.29, 1.82) is 0 Å². The quantitative estimate of drug-likeness (QED) is 0.156. The SMILES string of the molecule is CCCCN1c2ccc(-c3nc4c(ccc5c6ccccc6cc(-c6ccc(C(C)(C)C)cc6)c54)[nH]3)cc2Sc2cc(-c3nc4c(ccc5c6ccccc6cc(-c6ccc(C(C)(C)C)cc6)c54)[nH]3)ccc21. The molecule has 0 spiro atoms. The van der Waals surface area contributed by atoms with Crippen molar-refractivity contribution in [2.45, 2.75) is 81.9 Å². The van der Waals surface area contributed by atoms with E-state index in [0.717, 1.165) is 64.2 Å². The number of hydrogen-bond donors (Lipinski definition) is 2. The second-order valence-corrected chi connectivity index (χ2v) is 22.9. The Morgan fingerprint density at radius 1 is 0.458 bits per heavy atom. The van der Waals surface area contributed by atoms with Gasteiger partial charge in [-0.25, -0.2) is 9.97 Å². The third-order valence-corrected chi connectivity index (χ3v) is 16.2. The molecule has 13 rings (SSSR count). The van der Waals surface area contributed by atoms with E-state index in [2.05, 4.69) is 233 Å². The molecule has 2 N–H and O–H groups in total. The minimum Gasteiger partial charge on any atom is -0.340 e. The summed E-state index contributed by atoms with van der Waals surface area (Å²) >= 11 is 1.84. The normalized spacial score (nSPS) is 13.0. The van der Waals surface area contributed by atoms with E-state index in [1.165, 1.54) is 97.6 Å². The fourth-order valence-electron chi connectivity index (χ4n) is 11.1. The first kappa shape index (κ1) is 44.3. The van der Waals surface area contributed by atoms with Gasteiger partial charge in [-0.3, -0.25) is 0 Å². The van der Waals surface area contributed by atoms with Crippen LogP contribution in [0.15, 0.2) is 180 Å². The molecule has 0 saturated heterocycles. The van der Waals surface area contributed by atoms with Crippen LogP contribution in [0.5, 0.6) is 0 Å². The van der Waals surface area contributed by atoms with Crippen LogP contribution in [0.4, 0.5) is 11.4 Å². The zero-order chi connectivity index (χ0) is 49.0. The molecular weight excluding hydrogens is 895 g/mol. The van der Waals surface area contributed by atoms with Crippen molar-refractivity contribution in [3.63, 3.8) is 0 Å². The number of nitrogens with one attached hydrogen (secondary N) is 2. The summed E-state index contributed by atoms with van der Waals surface area (Å²) in [6.45, 7) is 16.8. The number of anilines is 2. The van der Waals surface area contributed by atoms with Gasteiger partial charge < -0.3 is 14.9 Å². The molecule has 1 aliphatic heterocycles. The highest BCUT2D eigenvalue weighted by molar-refractivity contribution is 7.99. The van der Waals surface area contributed by atoms with Gasteiger partial charge >= 0.3 is 0 Å². The predicted octanol–water partition coefficient (Wildman–Crippen LogP) is 18.7. The van der Waals surface area contributed by atoms with Gasteiger partial charge in [0.2, 0.25) is 0 Å². The Morgan fingerprint density at radius 2 is 0.889 bits per heavy atom. The van der Waals surface area contributed by atoms with Gasteiger partial charge in [-0.2, -0.15) is 0 Å². The molecule has 1 aliphatic rings. The van der Waals surface area contributed by atoms with Crippen LogP contribution in [0.3, 0.4) is 0 Å². The number of benzene rings is 10. The van der Waals surface area contributed by atoms with Gasteiger partial charge in [-0.1, -0.05) is 176 Å². The van der Waals surface area contributed by atoms with Crippen LogP contribution in [0.1, 0.15) is 72.4 Å². The van der Waals surface area contributed by atoms with Crippen LogP contribution < -0.4 is 4.90 Å². The van der Waals surface area contributed by atoms with E-state index >= 15 is 0 Å². The number of unbranched alkanes of at least 4 members (excludes halogenated alkanes) is 1.